The third-order valence-corrected chi connectivity index (χ3v) is 8.62. The molecule has 12 heteroatoms. The van der Waals surface area contributed by atoms with Gasteiger partial charge in [-0.25, -0.2) is 8.78 Å². The predicted molar refractivity (Wildman–Crippen MR) is 170 cm³/mol. The number of fused-ring (bicyclic) bond motifs is 1. The van der Waals surface area contributed by atoms with Crippen molar-refractivity contribution in [1.29, 1.82) is 5.26 Å². The van der Waals surface area contributed by atoms with Crippen LogP contribution in [0.5, 0.6) is 0 Å². The van der Waals surface area contributed by atoms with E-state index in [0.29, 0.717) is 44.6 Å². The maximum Gasteiger partial charge on any atom is 0.141 e. The Morgan fingerprint density at radius 1 is 1.07 bits per heavy atom. The first kappa shape index (κ1) is 29.9. The third-order valence-electron chi connectivity index (χ3n) is 8.04. The van der Waals surface area contributed by atoms with Crippen molar-refractivity contribution in [2.75, 3.05) is 30.3 Å². The zero-order valence-corrected chi connectivity index (χ0v) is 25.4. The van der Waals surface area contributed by atoms with Crippen molar-refractivity contribution in [3.8, 4) is 6.07 Å². The van der Waals surface area contributed by atoms with Crippen LogP contribution in [0.2, 0.25) is 10.0 Å². The molecule has 0 radical (unpaired) electrons. The van der Waals surface area contributed by atoms with E-state index in [1.54, 1.807) is 12.1 Å². The van der Waals surface area contributed by atoms with E-state index in [0.717, 1.165) is 38.2 Å². The summed E-state index contributed by atoms with van der Waals surface area (Å²) in [7, 11) is 0. The van der Waals surface area contributed by atoms with E-state index in [4.69, 9.17) is 23.2 Å². The molecular weight excluding hydrogens is 605 g/mol. The van der Waals surface area contributed by atoms with Crippen molar-refractivity contribution in [3.05, 3.63) is 105 Å². The molecule has 3 heterocycles. The summed E-state index contributed by atoms with van der Waals surface area (Å²) >= 11 is 12.8. The molecule has 0 aliphatic carbocycles. The van der Waals surface area contributed by atoms with Crippen molar-refractivity contribution in [2.24, 2.45) is 0 Å². The van der Waals surface area contributed by atoms with E-state index in [1.165, 1.54) is 36.5 Å². The van der Waals surface area contributed by atoms with Gasteiger partial charge in [-0.2, -0.15) is 5.26 Å². The summed E-state index contributed by atoms with van der Waals surface area (Å²) in [6.45, 7) is 5.28. The lowest BCUT2D eigenvalue weighted by Crippen LogP contribution is -2.48. The zero-order valence-electron chi connectivity index (χ0n) is 23.8. The third kappa shape index (κ3) is 6.23. The molecule has 4 aromatic rings. The molecule has 0 spiro atoms. The molecular formula is C32H30Cl2F2N8. The van der Waals surface area contributed by atoms with Crippen LogP contribution in [-0.2, 0) is 0 Å². The number of nitriles is 1. The molecule has 6 rings (SSSR count). The number of aromatic nitrogens is 1. The fourth-order valence-electron chi connectivity index (χ4n) is 5.67. The van der Waals surface area contributed by atoms with Crippen LogP contribution in [-0.4, -0.2) is 40.6 Å². The molecule has 1 atom stereocenters. The highest BCUT2D eigenvalue weighted by molar-refractivity contribution is 6.36. The van der Waals surface area contributed by atoms with Crippen LogP contribution in [0.25, 0.3) is 10.9 Å². The molecule has 2 aliphatic rings. The smallest absolute Gasteiger partial charge is 0.141 e. The maximum atomic E-state index is 14.5. The highest BCUT2D eigenvalue weighted by Crippen LogP contribution is 2.37. The lowest BCUT2D eigenvalue weighted by Gasteiger charge is -2.35. The second-order valence-electron chi connectivity index (χ2n) is 10.8. The normalized spacial score (nSPS) is 16.4. The number of hydrogen-bond donors (Lipinski definition) is 4. The summed E-state index contributed by atoms with van der Waals surface area (Å²) in [6.07, 6.45) is 5.50. The Morgan fingerprint density at radius 2 is 1.86 bits per heavy atom. The Hall–Kier alpha value is -4.14. The number of halogens is 4. The summed E-state index contributed by atoms with van der Waals surface area (Å²) in [6, 6.07) is 16.2. The number of likely N-dealkylation sites (tertiary alicyclic amines) is 1. The number of anilines is 3. The molecule has 4 N–H and O–H groups in total. The van der Waals surface area contributed by atoms with Crippen molar-refractivity contribution in [2.45, 2.75) is 31.8 Å². The first-order valence-corrected chi connectivity index (χ1v) is 15.1. The summed E-state index contributed by atoms with van der Waals surface area (Å²) in [5.74, 6) is -0.905. The predicted octanol–water partition coefficient (Wildman–Crippen LogP) is 7.24. The quantitative estimate of drug-likeness (QED) is 0.161. The van der Waals surface area contributed by atoms with E-state index >= 15 is 0 Å². The molecule has 1 aromatic heterocycles. The second kappa shape index (κ2) is 12.8. The minimum Gasteiger partial charge on any atom is -0.373 e. The van der Waals surface area contributed by atoms with Crippen LogP contribution in [0.4, 0.5) is 25.8 Å². The average Bonchev–Trinajstić information content (AvgIpc) is 3.52. The van der Waals surface area contributed by atoms with Gasteiger partial charge in [-0.3, -0.25) is 9.99 Å². The van der Waals surface area contributed by atoms with Gasteiger partial charge >= 0.3 is 0 Å². The van der Waals surface area contributed by atoms with E-state index < -0.39 is 11.9 Å². The number of nitrogens with zero attached hydrogens (tertiary/aromatic N) is 4. The van der Waals surface area contributed by atoms with Gasteiger partial charge in [0.1, 0.15) is 17.7 Å². The Kier molecular flexibility index (Phi) is 8.73. The summed E-state index contributed by atoms with van der Waals surface area (Å²) in [4.78, 5) is 6.86. The number of rotatable bonds is 8. The molecule has 8 nitrogen and oxygen atoms in total. The fraction of sp³-hybridized carbons (Fsp3) is 0.250. The standard InChI is InChI=1S/C32H30Cl2F2N8/c1-2-43-10-8-24(9-11-43)44-18-29(41-42-44)31(19-4-3-5-21(35)12-19)40-23-13-25-30(39-22-6-7-28(36)26(33)14-22)20(16-37)17-38-32(25)27(34)15-23/h3-7,12-15,17-18,24,31,40-42H,2,8-11H2,1H3,(H,38,39). The van der Waals surface area contributed by atoms with Gasteiger partial charge in [-0.05, 0) is 67.4 Å². The minimum absolute atomic E-state index is 0.0545. The fourth-order valence-corrected chi connectivity index (χ4v) is 6.12. The molecule has 3 aromatic carbocycles. The number of pyridine rings is 1. The average molecular weight is 636 g/mol. The van der Waals surface area contributed by atoms with Crippen LogP contribution in [0.3, 0.4) is 0 Å². The lowest BCUT2D eigenvalue weighted by atomic mass is 10.0. The number of hydrazine groups is 2. The zero-order chi connectivity index (χ0) is 30.8. The van der Waals surface area contributed by atoms with Crippen molar-refractivity contribution < 1.29 is 8.78 Å². The molecule has 226 valence electrons. The number of hydrogen-bond acceptors (Lipinski definition) is 8. The first-order valence-electron chi connectivity index (χ1n) is 14.3. The molecule has 1 unspecified atom stereocenters. The Balaban J connectivity index is 1.37. The maximum absolute atomic E-state index is 14.5. The monoisotopic (exact) mass is 634 g/mol. The number of benzene rings is 3. The van der Waals surface area contributed by atoms with Gasteiger partial charge in [0.15, 0.2) is 0 Å². The van der Waals surface area contributed by atoms with Crippen molar-refractivity contribution in [3.63, 3.8) is 0 Å². The van der Waals surface area contributed by atoms with E-state index in [1.807, 2.05) is 18.3 Å². The van der Waals surface area contributed by atoms with E-state index in [9.17, 15) is 14.0 Å². The van der Waals surface area contributed by atoms with Crippen molar-refractivity contribution >= 4 is 51.2 Å². The van der Waals surface area contributed by atoms with Crippen LogP contribution < -0.4 is 21.6 Å². The highest BCUT2D eigenvalue weighted by atomic mass is 35.5. The molecule has 44 heavy (non-hydrogen) atoms. The summed E-state index contributed by atoms with van der Waals surface area (Å²) in [5, 5.41) is 19.5. The SMILES string of the molecule is CCN1CCC(N2C=C(C(Nc3cc(Cl)c4ncc(C#N)c(Nc5ccc(F)c(Cl)c5)c4c3)c3cccc(F)c3)NN2)CC1. The number of nitrogens with one attached hydrogen (secondary N) is 4. The topological polar surface area (TPSA) is 91.3 Å². The van der Waals surface area contributed by atoms with E-state index in [-0.39, 0.29) is 16.4 Å². The highest BCUT2D eigenvalue weighted by Gasteiger charge is 2.29. The first-order chi connectivity index (χ1) is 21.3. The number of piperidine rings is 1. The Morgan fingerprint density at radius 3 is 2.59 bits per heavy atom. The molecule has 0 bridgehead atoms. The summed E-state index contributed by atoms with van der Waals surface area (Å²) < 4.78 is 28.3. The van der Waals surface area contributed by atoms with Crippen LogP contribution >= 0.6 is 23.2 Å². The van der Waals surface area contributed by atoms with Gasteiger partial charge in [0, 0.05) is 48.3 Å². The molecule has 1 saturated heterocycles. The van der Waals surface area contributed by atoms with Crippen LogP contribution in [0, 0.1) is 23.0 Å². The minimum atomic E-state index is -0.551. The van der Waals surface area contributed by atoms with Gasteiger partial charge in [0.25, 0.3) is 0 Å². The van der Waals surface area contributed by atoms with Crippen LogP contribution in [0.1, 0.15) is 36.9 Å². The second-order valence-corrected chi connectivity index (χ2v) is 11.6. The van der Waals surface area contributed by atoms with Gasteiger partial charge in [-0.1, -0.05) is 42.3 Å². The van der Waals surface area contributed by atoms with Crippen molar-refractivity contribution in [1.82, 2.24) is 25.9 Å². The molecule has 0 amide bonds. The van der Waals surface area contributed by atoms with Gasteiger partial charge in [0.05, 0.1) is 38.6 Å². The Bertz CT molecular complexity index is 1770. The Labute approximate surface area is 264 Å². The van der Waals surface area contributed by atoms with Gasteiger partial charge in [0.2, 0.25) is 0 Å². The molecule has 1 fully saturated rings. The van der Waals surface area contributed by atoms with Gasteiger partial charge in [-0.15, -0.1) is 5.53 Å². The van der Waals surface area contributed by atoms with Gasteiger partial charge < -0.3 is 21.0 Å². The summed E-state index contributed by atoms with van der Waals surface area (Å²) in [5.41, 5.74) is 10.4. The van der Waals surface area contributed by atoms with Crippen LogP contribution in [0.15, 0.2) is 72.7 Å². The molecule has 2 aliphatic heterocycles. The molecule has 0 saturated carbocycles. The largest absolute Gasteiger partial charge is 0.373 e. The lowest BCUT2D eigenvalue weighted by molar-refractivity contribution is 0.112. The van der Waals surface area contributed by atoms with E-state index in [2.05, 4.69) is 49.5 Å².